The standard InChI is InChI=1S/C18H14N4O3/c23-14-9-15(21-13-8-4-3-7-12(13)19-18(21)20-14)22-16(24)10-5-1-2-6-11(10)17(22)25/h1-4,7-11H,5-6H2,(H,19,20,23)/t10-,11-/m0/s1. The quantitative estimate of drug-likeness (QED) is 0.541. The first-order chi connectivity index (χ1) is 12.1. The molecule has 2 aliphatic rings. The third kappa shape index (κ3) is 1.86. The zero-order valence-electron chi connectivity index (χ0n) is 13.2. The van der Waals surface area contributed by atoms with E-state index in [1.54, 1.807) is 4.40 Å². The Balaban J connectivity index is 1.79. The summed E-state index contributed by atoms with van der Waals surface area (Å²) >= 11 is 0. The number of carbonyl (C=O) groups is 2. The number of benzene rings is 1. The molecule has 1 fully saturated rings. The lowest BCUT2D eigenvalue weighted by Crippen LogP contribution is -2.33. The molecule has 7 nitrogen and oxygen atoms in total. The number of fused-ring (bicyclic) bond motifs is 4. The topological polar surface area (TPSA) is 87.5 Å². The Morgan fingerprint density at radius 3 is 2.40 bits per heavy atom. The molecule has 2 atom stereocenters. The Morgan fingerprint density at radius 1 is 1.00 bits per heavy atom. The fourth-order valence-electron chi connectivity index (χ4n) is 3.86. The maximum atomic E-state index is 12.9. The highest BCUT2D eigenvalue weighted by molar-refractivity contribution is 6.22. The van der Waals surface area contributed by atoms with Crippen molar-refractivity contribution in [3.63, 3.8) is 0 Å². The summed E-state index contributed by atoms with van der Waals surface area (Å²) in [6.07, 6.45) is 5.00. The normalized spacial score (nSPS) is 23.0. The van der Waals surface area contributed by atoms with Gasteiger partial charge in [0.1, 0.15) is 5.82 Å². The first-order valence-electron chi connectivity index (χ1n) is 8.18. The molecule has 3 heterocycles. The van der Waals surface area contributed by atoms with Gasteiger partial charge in [-0.3, -0.25) is 23.8 Å². The Bertz CT molecular complexity index is 1110. The van der Waals surface area contributed by atoms with E-state index in [2.05, 4.69) is 9.97 Å². The molecular formula is C18H14N4O3. The third-order valence-electron chi connectivity index (χ3n) is 5.02. The van der Waals surface area contributed by atoms with Crippen molar-refractivity contribution in [1.29, 1.82) is 0 Å². The van der Waals surface area contributed by atoms with Crippen molar-refractivity contribution < 1.29 is 9.59 Å². The van der Waals surface area contributed by atoms with E-state index in [-0.39, 0.29) is 29.5 Å². The molecule has 1 aromatic carbocycles. The van der Waals surface area contributed by atoms with Crippen LogP contribution in [0.2, 0.25) is 0 Å². The lowest BCUT2D eigenvalue weighted by atomic mass is 9.85. The van der Waals surface area contributed by atoms with Gasteiger partial charge in [0, 0.05) is 6.07 Å². The molecule has 1 N–H and O–H groups in total. The lowest BCUT2D eigenvalue weighted by Gasteiger charge is -2.16. The highest BCUT2D eigenvalue weighted by Crippen LogP contribution is 2.37. The second-order valence-electron chi connectivity index (χ2n) is 6.42. The molecule has 1 aliphatic heterocycles. The molecule has 3 aromatic rings. The number of para-hydroxylation sites is 2. The van der Waals surface area contributed by atoms with E-state index < -0.39 is 5.56 Å². The zero-order valence-corrected chi connectivity index (χ0v) is 13.2. The first-order valence-corrected chi connectivity index (χ1v) is 8.18. The van der Waals surface area contributed by atoms with Crippen molar-refractivity contribution in [2.75, 3.05) is 4.90 Å². The zero-order chi connectivity index (χ0) is 17.1. The number of H-pyrrole nitrogens is 1. The van der Waals surface area contributed by atoms with Crippen LogP contribution in [0.3, 0.4) is 0 Å². The lowest BCUT2D eigenvalue weighted by molar-refractivity contribution is -0.122. The molecule has 0 bridgehead atoms. The van der Waals surface area contributed by atoms with Gasteiger partial charge in [0.2, 0.25) is 17.6 Å². The van der Waals surface area contributed by atoms with E-state index in [1.807, 2.05) is 36.4 Å². The molecule has 7 heteroatoms. The SMILES string of the molecule is O=C1[C@H]2CC=CC[C@@H]2C(=O)N1c1cc(=O)[nH]c2nc3ccccc3n12. The van der Waals surface area contributed by atoms with E-state index in [9.17, 15) is 14.4 Å². The van der Waals surface area contributed by atoms with Crippen LogP contribution < -0.4 is 10.5 Å². The van der Waals surface area contributed by atoms with Gasteiger partial charge < -0.3 is 0 Å². The Hall–Kier alpha value is -3.22. The van der Waals surface area contributed by atoms with E-state index in [0.29, 0.717) is 24.1 Å². The van der Waals surface area contributed by atoms with Crippen molar-refractivity contribution >= 4 is 34.4 Å². The van der Waals surface area contributed by atoms with Gasteiger partial charge in [-0.2, -0.15) is 0 Å². The maximum absolute atomic E-state index is 12.9. The number of imide groups is 1. The fourth-order valence-corrected chi connectivity index (χ4v) is 3.86. The Morgan fingerprint density at radius 2 is 1.68 bits per heavy atom. The molecule has 2 aromatic heterocycles. The van der Waals surface area contributed by atoms with Crippen LogP contribution in [0.4, 0.5) is 5.82 Å². The number of hydrogen-bond donors (Lipinski definition) is 1. The van der Waals surface area contributed by atoms with Gasteiger partial charge in [0.05, 0.1) is 22.9 Å². The average molecular weight is 334 g/mol. The molecule has 25 heavy (non-hydrogen) atoms. The summed E-state index contributed by atoms with van der Waals surface area (Å²) in [6, 6.07) is 8.65. The van der Waals surface area contributed by atoms with Crippen molar-refractivity contribution in [1.82, 2.24) is 14.4 Å². The maximum Gasteiger partial charge on any atom is 0.254 e. The van der Waals surface area contributed by atoms with Crippen LogP contribution in [0.1, 0.15) is 12.8 Å². The number of aromatic amines is 1. The van der Waals surface area contributed by atoms with Crippen LogP contribution in [0.15, 0.2) is 47.3 Å². The molecule has 0 saturated carbocycles. The first kappa shape index (κ1) is 14.2. The van der Waals surface area contributed by atoms with Crippen molar-refractivity contribution in [2.45, 2.75) is 12.8 Å². The summed E-state index contributed by atoms with van der Waals surface area (Å²) in [4.78, 5) is 46.1. The van der Waals surface area contributed by atoms with Crippen LogP contribution in [-0.4, -0.2) is 26.2 Å². The van der Waals surface area contributed by atoms with Crippen LogP contribution in [-0.2, 0) is 9.59 Å². The minimum absolute atomic E-state index is 0.246. The summed E-state index contributed by atoms with van der Waals surface area (Å²) in [5, 5.41) is 0. The van der Waals surface area contributed by atoms with E-state index in [1.165, 1.54) is 11.0 Å². The number of carbonyl (C=O) groups excluding carboxylic acids is 2. The fraction of sp³-hybridized carbons (Fsp3) is 0.222. The van der Waals surface area contributed by atoms with Gasteiger partial charge in [-0.15, -0.1) is 0 Å². The predicted octanol–water partition coefficient (Wildman–Crippen LogP) is 1.63. The number of nitrogens with zero attached hydrogens (tertiary/aromatic N) is 3. The number of rotatable bonds is 1. The number of aromatic nitrogens is 3. The molecule has 124 valence electrons. The molecule has 0 unspecified atom stereocenters. The minimum Gasteiger partial charge on any atom is -0.292 e. The van der Waals surface area contributed by atoms with E-state index in [4.69, 9.17) is 0 Å². The minimum atomic E-state index is -0.397. The summed E-state index contributed by atoms with van der Waals surface area (Å²) in [6.45, 7) is 0. The van der Waals surface area contributed by atoms with Gasteiger partial charge in [-0.1, -0.05) is 24.3 Å². The smallest absolute Gasteiger partial charge is 0.254 e. The van der Waals surface area contributed by atoms with Crippen LogP contribution >= 0.6 is 0 Å². The number of anilines is 1. The predicted molar refractivity (Wildman–Crippen MR) is 91.2 cm³/mol. The number of imidazole rings is 1. The van der Waals surface area contributed by atoms with Crippen LogP contribution in [0.25, 0.3) is 16.8 Å². The second-order valence-corrected chi connectivity index (χ2v) is 6.42. The molecule has 0 radical (unpaired) electrons. The monoisotopic (exact) mass is 334 g/mol. The number of hydrogen-bond acceptors (Lipinski definition) is 4. The van der Waals surface area contributed by atoms with Crippen molar-refractivity contribution in [2.24, 2.45) is 11.8 Å². The molecule has 1 aliphatic carbocycles. The number of allylic oxidation sites excluding steroid dienone is 2. The van der Waals surface area contributed by atoms with Crippen LogP contribution in [0, 0.1) is 11.8 Å². The number of nitrogens with one attached hydrogen (secondary N) is 1. The van der Waals surface area contributed by atoms with Gasteiger partial charge in [0.15, 0.2) is 0 Å². The summed E-state index contributed by atoms with van der Waals surface area (Å²) in [7, 11) is 0. The molecule has 5 rings (SSSR count). The summed E-state index contributed by atoms with van der Waals surface area (Å²) in [5.74, 6) is -0.606. The number of amides is 2. The second kappa shape index (κ2) is 4.89. The molecule has 2 amide bonds. The Kier molecular flexibility index (Phi) is 2.77. The van der Waals surface area contributed by atoms with Gasteiger partial charge in [-0.05, 0) is 25.0 Å². The Labute approximate surface area is 141 Å². The van der Waals surface area contributed by atoms with E-state index in [0.717, 1.165) is 5.52 Å². The molecule has 0 spiro atoms. The average Bonchev–Trinajstić information content (AvgIpc) is 3.10. The van der Waals surface area contributed by atoms with Gasteiger partial charge in [-0.25, -0.2) is 9.88 Å². The largest absolute Gasteiger partial charge is 0.292 e. The molecular weight excluding hydrogens is 320 g/mol. The van der Waals surface area contributed by atoms with E-state index >= 15 is 0 Å². The van der Waals surface area contributed by atoms with Gasteiger partial charge in [0.25, 0.3) is 5.56 Å². The van der Waals surface area contributed by atoms with Gasteiger partial charge >= 0.3 is 0 Å². The molecule has 1 saturated heterocycles. The summed E-state index contributed by atoms with van der Waals surface area (Å²) < 4.78 is 1.66. The van der Waals surface area contributed by atoms with Crippen LogP contribution in [0.5, 0.6) is 0 Å². The summed E-state index contributed by atoms with van der Waals surface area (Å²) in [5.41, 5.74) is 1.02. The third-order valence-corrected chi connectivity index (χ3v) is 5.02. The van der Waals surface area contributed by atoms with Crippen molar-refractivity contribution in [3.05, 3.63) is 52.8 Å². The van der Waals surface area contributed by atoms with Crippen molar-refractivity contribution in [3.8, 4) is 0 Å². The highest BCUT2D eigenvalue weighted by Gasteiger charge is 2.48. The highest BCUT2D eigenvalue weighted by atomic mass is 16.2.